The average molecular weight is 335 g/mol. The van der Waals surface area contributed by atoms with Crippen molar-refractivity contribution in [2.24, 2.45) is 0 Å². The van der Waals surface area contributed by atoms with Crippen molar-refractivity contribution in [1.82, 2.24) is 10.2 Å². The number of para-hydroxylation sites is 2. The Kier molecular flexibility index (Phi) is 7.85. The van der Waals surface area contributed by atoms with Crippen LogP contribution in [0.5, 0.6) is 5.75 Å². The molecule has 0 aromatic heterocycles. The van der Waals surface area contributed by atoms with Crippen LogP contribution in [0.1, 0.15) is 12.8 Å². The molecule has 0 aliphatic carbocycles. The molecule has 0 bridgehead atoms. The van der Waals surface area contributed by atoms with E-state index >= 15 is 0 Å². The van der Waals surface area contributed by atoms with E-state index in [1.807, 2.05) is 18.2 Å². The van der Waals surface area contributed by atoms with Crippen LogP contribution in [0.3, 0.4) is 0 Å². The molecule has 1 amide bonds. The number of hydrogen-bond donors (Lipinski definition) is 1. The molecule has 6 nitrogen and oxygen atoms in total. The van der Waals surface area contributed by atoms with Crippen LogP contribution in [0.2, 0.25) is 0 Å². The molecule has 1 aromatic carbocycles. The Morgan fingerprint density at radius 1 is 1.17 bits per heavy atom. The summed E-state index contributed by atoms with van der Waals surface area (Å²) in [6, 6.07) is 8.12. The number of benzene rings is 1. The second-order valence-corrected chi connectivity index (χ2v) is 5.95. The quantitative estimate of drug-likeness (QED) is 0.691. The van der Waals surface area contributed by atoms with Crippen LogP contribution in [0.25, 0.3) is 0 Å². The number of piperazine rings is 1. The van der Waals surface area contributed by atoms with Gasteiger partial charge in [0.15, 0.2) is 0 Å². The molecule has 1 fully saturated rings. The van der Waals surface area contributed by atoms with E-state index in [1.54, 1.807) is 14.2 Å². The third kappa shape index (κ3) is 5.69. The van der Waals surface area contributed by atoms with Gasteiger partial charge in [-0.2, -0.15) is 0 Å². The van der Waals surface area contributed by atoms with Crippen molar-refractivity contribution in [3.63, 3.8) is 0 Å². The van der Waals surface area contributed by atoms with Crippen LogP contribution >= 0.6 is 0 Å². The molecule has 1 saturated heterocycles. The second-order valence-electron chi connectivity index (χ2n) is 5.95. The molecule has 0 unspecified atom stereocenters. The van der Waals surface area contributed by atoms with Gasteiger partial charge in [-0.25, -0.2) is 0 Å². The van der Waals surface area contributed by atoms with Crippen LogP contribution in [-0.2, 0) is 9.53 Å². The highest BCUT2D eigenvalue weighted by Crippen LogP contribution is 2.28. The summed E-state index contributed by atoms with van der Waals surface area (Å²) in [5, 5.41) is 2.93. The lowest BCUT2D eigenvalue weighted by Gasteiger charge is -2.36. The van der Waals surface area contributed by atoms with Crippen LogP contribution in [-0.4, -0.2) is 70.9 Å². The number of ether oxygens (including phenoxy) is 2. The van der Waals surface area contributed by atoms with Gasteiger partial charge in [-0.3, -0.25) is 9.69 Å². The Labute approximate surface area is 144 Å². The zero-order valence-electron chi connectivity index (χ0n) is 14.8. The number of anilines is 1. The van der Waals surface area contributed by atoms with E-state index in [1.165, 1.54) is 0 Å². The van der Waals surface area contributed by atoms with Crippen molar-refractivity contribution in [3.05, 3.63) is 24.3 Å². The minimum atomic E-state index is 0.123. The second kappa shape index (κ2) is 10.2. The number of nitrogens with one attached hydrogen (secondary N) is 1. The summed E-state index contributed by atoms with van der Waals surface area (Å²) in [4.78, 5) is 16.5. The lowest BCUT2D eigenvalue weighted by atomic mass is 10.2. The van der Waals surface area contributed by atoms with Crippen molar-refractivity contribution >= 4 is 11.6 Å². The van der Waals surface area contributed by atoms with Crippen molar-refractivity contribution < 1.29 is 14.3 Å². The highest BCUT2D eigenvalue weighted by atomic mass is 16.5. The fourth-order valence-corrected chi connectivity index (χ4v) is 2.90. The summed E-state index contributed by atoms with van der Waals surface area (Å²) in [6.45, 7) is 6.03. The third-order valence-electron chi connectivity index (χ3n) is 4.30. The lowest BCUT2D eigenvalue weighted by Crippen LogP contribution is -2.47. The number of rotatable bonds is 9. The first-order valence-electron chi connectivity index (χ1n) is 8.60. The number of carbonyl (C=O) groups is 1. The Bertz CT molecular complexity index is 502. The fraction of sp³-hybridized carbons (Fsp3) is 0.611. The number of amides is 1. The molecule has 1 heterocycles. The summed E-state index contributed by atoms with van der Waals surface area (Å²) in [6.07, 6.45) is 1.42. The van der Waals surface area contributed by atoms with Gasteiger partial charge in [-0.1, -0.05) is 12.1 Å². The first-order chi connectivity index (χ1) is 11.7. The highest BCUT2D eigenvalue weighted by molar-refractivity contribution is 5.76. The predicted octanol–water partition coefficient (Wildman–Crippen LogP) is 1.36. The maximum atomic E-state index is 11.8. The molecular weight excluding hydrogens is 306 g/mol. The van der Waals surface area contributed by atoms with E-state index in [-0.39, 0.29) is 5.91 Å². The molecule has 1 aromatic rings. The number of nitrogens with zero attached hydrogens (tertiary/aromatic N) is 2. The zero-order chi connectivity index (χ0) is 17.2. The van der Waals surface area contributed by atoms with Gasteiger partial charge < -0.3 is 19.7 Å². The minimum absolute atomic E-state index is 0.123. The van der Waals surface area contributed by atoms with E-state index in [2.05, 4.69) is 21.2 Å². The van der Waals surface area contributed by atoms with Crippen molar-refractivity contribution in [1.29, 1.82) is 0 Å². The van der Waals surface area contributed by atoms with E-state index in [0.29, 0.717) is 19.6 Å². The van der Waals surface area contributed by atoms with Crippen LogP contribution in [0, 0.1) is 0 Å². The van der Waals surface area contributed by atoms with Gasteiger partial charge in [-0.05, 0) is 18.6 Å². The van der Waals surface area contributed by atoms with Crippen molar-refractivity contribution in [3.8, 4) is 5.75 Å². The number of hydrogen-bond acceptors (Lipinski definition) is 5. The lowest BCUT2D eigenvalue weighted by molar-refractivity contribution is -0.121. The molecule has 1 N–H and O–H groups in total. The van der Waals surface area contributed by atoms with Gasteiger partial charge in [0, 0.05) is 59.4 Å². The van der Waals surface area contributed by atoms with Crippen LogP contribution < -0.4 is 15.0 Å². The molecule has 0 saturated carbocycles. The molecule has 0 radical (unpaired) electrons. The molecule has 134 valence electrons. The third-order valence-corrected chi connectivity index (χ3v) is 4.30. The smallest absolute Gasteiger partial charge is 0.221 e. The monoisotopic (exact) mass is 335 g/mol. The van der Waals surface area contributed by atoms with E-state index in [0.717, 1.165) is 50.6 Å². The summed E-state index contributed by atoms with van der Waals surface area (Å²) < 4.78 is 10.4. The molecule has 2 rings (SSSR count). The highest BCUT2D eigenvalue weighted by Gasteiger charge is 2.19. The first-order valence-corrected chi connectivity index (χ1v) is 8.60. The number of carbonyl (C=O) groups excluding carboxylic acids is 1. The maximum absolute atomic E-state index is 11.8. The van der Waals surface area contributed by atoms with Crippen molar-refractivity contribution in [2.45, 2.75) is 12.8 Å². The zero-order valence-corrected chi connectivity index (χ0v) is 14.8. The fourth-order valence-electron chi connectivity index (χ4n) is 2.90. The van der Waals surface area contributed by atoms with E-state index in [9.17, 15) is 4.79 Å². The minimum Gasteiger partial charge on any atom is -0.495 e. The van der Waals surface area contributed by atoms with Crippen molar-refractivity contribution in [2.75, 3.05) is 65.0 Å². The summed E-state index contributed by atoms with van der Waals surface area (Å²) in [7, 11) is 3.38. The molecule has 0 atom stereocenters. The van der Waals surface area contributed by atoms with Gasteiger partial charge in [0.2, 0.25) is 5.91 Å². The number of methoxy groups -OCH3 is 2. The SMILES string of the molecule is COCCCNC(=O)CCN1CCN(c2ccccc2OC)CC1. The Hall–Kier alpha value is -1.79. The molecule has 1 aliphatic heterocycles. The maximum Gasteiger partial charge on any atom is 0.221 e. The summed E-state index contributed by atoms with van der Waals surface area (Å²) in [5.41, 5.74) is 1.15. The topological polar surface area (TPSA) is 54.0 Å². The molecule has 6 heteroatoms. The average Bonchev–Trinajstić information content (AvgIpc) is 2.64. The molecule has 1 aliphatic rings. The summed E-state index contributed by atoms with van der Waals surface area (Å²) in [5.74, 6) is 1.04. The largest absolute Gasteiger partial charge is 0.495 e. The molecule has 24 heavy (non-hydrogen) atoms. The van der Waals surface area contributed by atoms with Crippen LogP contribution in [0.4, 0.5) is 5.69 Å². The Morgan fingerprint density at radius 2 is 1.92 bits per heavy atom. The van der Waals surface area contributed by atoms with E-state index < -0.39 is 0 Å². The molecular formula is C18H29N3O3. The summed E-state index contributed by atoms with van der Waals surface area (Å²) >= 11 is 0. The Morgan fingerprint density at radius 3 is 2.62 bits per heavy atom. The molecule has 0 spiro atoms. The normalized spacial score (nSPS) is 15.3. The van der Waals surface area contributed by atoms with Gasteiger partial charge in [0.1, 0.15) is 5.75 Å². The van der Waals surface area contributed by atoms with Gasteiger partial charge in [0.05, 0.1) is 12.8 Å². The standard InChI is InChI=1S/C18H29N3O3/c1-23-15-5-9-19-18(22)8-10-20-11-13-21(14-12-20)16-6-3-4-7-17(16)24-2/h3-4,6-7H,5,8-15H2,1-2H3,(H,19,22). The van der Waals surface area contributed by atoms with Gasteiger partial charge in [-0.15, -0.1) is 0 Å². The first kappa shape index (κ1) is 18.5. The van der Waals surface area contributed by atoms with Crippen LogP contribution in [0.15, 0.2) is 24.3 Å². The predicted molar refractivity (Wildman–Crippen MR) is 95.8 cm³/mol. The Balaban J connectivity index is 1.68. The van der Waals surface area contributed by atoms with Gasteiger partial charge >= 0.3 is 0 Å². The van der Waals surface area contributed by atoms with Gasteiger partial charge in [0.25, 0.3) is 0 Å². The van der Waals surface area contributed by atoms with E-state index in [4.69, 9.17) is 9.47 Å².